The van der Waals surface area contributed by atoms with Gasteiger partial charge in [-0.15, -0.1) is 0 Å². The van der Waals surface area contributed by atoms with Crippen LogP contribution in [0.3, 0.4) is 0 Å². The molecule has 0 saturated carbocycles. The van der Waals surface area contributed by atoms with Gasteiger partial charge in [0.1, 0.15) is 5.56 Å². The van der Waals surface area contributed by atoms with Crippen molar-refractivity contribution >= 4 is 23.2 Å². The molecule has 3 rings (SSSR count). The number of nitrogens with one attached hydrogen (secondary N) is 1. The number of carbonyl (C=O) groups is 1. The molecule has 0 fully saturated rings. The van der Waals surface area contributed by atoms with Gasteiger partial charge in [0.2, 0.25) is 0 Å². The van der Waals surface area contributed by atoms with E-state index >= 15 is 0 Å². The van der Waals surface area contributed by atoms with E-state index in [4.69, 9.17) is 11.6 Å². The summed E-state index contributed by atoms with van der Waals surface area (Å²) in [5.41, 5.74) is 3.84. The monoisotopic (exact) mass is 394 g/mol. The predicted molar refractivity (Wildman–Crippen MR) is 115 cm³/mol. The van der Waals surface area contributed by atoms with Gasteiger partial charge in [0.15, 0.2) is 5.43 Å². The highest BCUT2D eigenvalue weighted by molar-refractivity contribution is 6.30. The molecule has 0 radical (unpaired) electrons. The maximum Gasteiger partial charge on any atom is 0.261 e. The molecule has 0 atom stereocenters. The summed E-state index contributed by atoms with van der Waals surface area (Å²) in [7, 11) is 0. The highest BCUT2D eigenvalue weighted by Crippen LogP contribution is 2.22. The molecule has 28 heavy (non-hydrogen) atoms. The number of hydrogen-bond acceptors (Lipinski definition) is 2. The lowest BCUT2D eigenvalue weighted by Crippen LogP contribution is -2.28. The summed E-state index contributed by atoms with van der Waals surface area (Å²) in [6, 6.07) is 16.4. The first kappa shape index (κ1) is 19.9. The first-order valence-electron chi connectivity index (χ1n) is 9.30. The number of aromatic nitrogens is 1. The van der Waals surface area contributed by atoms with E-state index in [1.165, 1.54) is 6.07 Å². The molecule has 3 aromatic rings. The van der Waals surface area contributed by atoms with Crippen LogP contribution in [0.25, 0.3) is 5.69 Å². The topological polar surface area (TPSA) is 51.1 Å². The summed E-state index contributed by atoms with van der Waals surface area (Å²) in [4.78, 5) is 25.9. The van der Waals surface area contributed by atoms with E-state index in [2.05, 4.69) is 5.32 Å². The molecule has 0 aliphatic carbocycles. The van der Waals surface area contributed by atoms with Gasteiger partial charge in [-0.25, -0.2) is 0 Å². The highest BCUT2D eigenvalue weighted by atomic mass is 35.5. The molecule has 4 nitrogen and oxygen atoms in total. The Balaban J connectivity index is 2.18. The number of hydrogen-bond donors (Lipinski definition) is 1. The lowest BCUT2D eigenvalue weighted by atomic mass is 10.0. The number of nitrogens with zero attached hydrogens (tertiary/aromatic N) is 1. The van der Waals surface area contributed by atoms with E-state index in [-0.39, 0.29) is 11.0 Å². The van der Waals surface area contributed by atoms with Crippen molar-refractivity contribution in [2.75, 3.05) is 5.32 Å². The van der Waals surface area contributed by atoms with Crippen molar-refractivity contribution in [3.8, 4) is 5.69 Å². The summed E-state index contributed by atoms with van der Waals surface area (Å²) in [6.45, 7) is 5.81. The number of amides is 1. The SMILES string of the molecule is CCCc1c(C(=O)Nc2ccccc2C)c(=O)cc(C)n1-c1cccc(Cl)c1. The highest BCUT2D eigenvalue weighted by Gasteiger charge is 2.21. The Kier molecular flexibility index (Phi) is 6.00. The summed E-state index contributed by atoms with van der Waals surface area (Å²) < 4.78 is 1.95. The quantitative estimate of drug-likeness (QED) is 0.637. The summed E-state index contributed by atoms with van der Waals surface area (Å²) in [5.74, 6) is -0.390. The van der Waals surface area contributed by atoms with Crippen LogP contribution in [0.15, 0.2) is 59.4 Å². The second-order valence-corrected chi connectivity index (χ2v) is 7.24. The van der Waals surface area contributed by atoms with Crippen molar-refractivity contribution < 1.29 is 4.79 Å². The molecule has 0 unspecified atom stereocenters. The first-order chi connectivity index (χ1) is 13.4. The van der Waals surface area contributed by atoms with Crippen molar-refractivity contribution in [2.45, 2.75) is 33.6 Å². The van der Waals surface area contributed by atoms with E-state index in [0.717, 1.165) is 23.4 Å². The van der Waals surface area contributed by atoms with Crippen LogP contribution in [0, 0.1) is 13.8 Å². The van der Waals surface area contributed by atoms with Crippen molar-refractivity contribution in [1.29, 1.82) is 0 Å². The van der Waals surface area contributed by atoms with Crippen LogP contribution in [0.2, 0.25) is 5.02 Å². The van der Waals surface area contributed by atoms with Gasteiger partial charge in [-0.2, -0.15) is 0 Å². The molecule has 1 aromatic heterocycles. The molecule has 0 aliphatic heterocycles. The molecule has 5 heteroatoms. The number of pyridine rings is 1. The van der Waals surface area contributed by atoms with Crippen LogP contribution < -0.4 is 10.7 Å². The average molecular weight is 395 g/mol. The van der Waals surface area contributed by atoms with Gasteiger partial charge in [0, 0.05) is 33.9 Å². The standard InChI is InChI=1S/C23H23ClN2O2/c1-4-8-20-22(23(28)25-19-12-6-5-9-15(19)2)21(27)13-16(3)26(20)18-11-7-10-17(24)14-18/h5-7,9-14H,4,8H2,1-3H3,(H,25,28). The largest absolute Gasteiger partial charge is 0.322 e. The van der Waals surface area contributed by atoms with Gasteiger partial charge < -0.3 is 9.88 Å². The van der Waals surface area contributed by atoms with Crippen molar-refractivity contribution in [2.24, 2.45) is 0 Å². The van der Waals surface area contributed by atoms with Crippen molar-refractivity contribution in [1.82, 2.24) is 4.57 Å². The number of para-hydroxylation sites is 1. The van der Waals surface area contributed by atoms with Gasteiger partial charge in [-0.05, 0) is 50.1 Å². The Labute approximate surface area is 169 Å². The minimum absolute atomic E-state index is 0.177. The third-order valence-electron chi connectivity index (χ3n) is 4.67. The van der Waals surface area contributed by atoms with Crippen LogP contribution in [0.5, 0.6) is 0 Å². The van der Waals surface area contributed by atoms with Crippen LogP contribution >= 0.6 is 11.6 Å². The van der Waals surface area contributed by atoms with Gasteiger partial charge in [-0.3, -0.25) is 9.59 Å². The Morgan fingerprint density at radius 3 is 2.50 bits per heavy atom. The molecule has 0 bridgehead atoms. The number of anilines is 1. The second-order valence-electron chi connectivity index (χ2n) is 6.81. The van der Waals surface area contributed by atoms with E-state index in [9.17, 15) is 9.59 Å². The number of benzene rings is 2. The Hall–Kier alpha value is -2.85. The van der Waals surface area contributed by atoms with Crippen molar-refractivity contribution in [3.05, 3.63) is 92.4 Å². The van der Waals surface area contributed by atoms with E-state index in [1.54, 1.807) is 6.07 Å². The van der Waals surface area contributed by atoms with Crippen LogP contribution in [-0.2, 0) is 6.42 Å². The third kappa shape index (κ3) is 4.02. The van der Waals surface area contributed by atoms with Crippen LogP contribution in [0.1, 0.15) is 40.7 Å². The Bertz CT molecular complexity index is 1090. The molecular formula is C23H23ClN2O2. The minimum atomic E-state index is -0.390. The van der Waals surface area contributed by atoms with Gasteiger partial charge in [-0.1, -0.05) is 49.2 Å². The lowest BCUT2D eigenvalue weighted by molar-refractivity contribution is 0.102. The zero-order chi connectivity index (χ0) is 20.3. The molecule has 144 valence electrons. The molecule has 0 aliphatic rings. The smallest absolute Gasteiger partial charge is 0.261 e. The maximum absolute atomic E-state index is 13.1. The van der Waals surface area contributed by atoms with Crippen molar-refractivity contribution in [3.63, 3.8) is 0 Å². The van der Waals surface area contributed by atoms with E-state index in [1.807, 2.05) is 67.8 Å². The predicted octanol–water partition coefficient (Wildman–Crippen LogP) is 5.31. The molecule has 1 amide bonds. The summed E-state index contributed by atoms with van der Waals surface area (Å²) in [5, 5.41) is 3.50. The van der Waals surface area contributed by atoms with E-state index in [0.29, 0.717) is 22.8 Å². The summed E-state index contributed by atoms with van der Waals surface area (Å²) in [6.07, 6.45) is 1.40. The average Bonchev–Trinajstić information content (AvgIpc) is 2.63. The number of rotatable bonds is 5. The molecule has 0 saturated heterocycles. The number of aryl methyl sites for hydroxylation is 2. The molecule has 2 aromatic carbocycles. The number of carbonyl (C=O) groups excluding carboxylic acids is 1. The second kappa shape index (κ2) is 8.44. The van der Waals surface area contributed by atoms with E-state index < -0.39 is 5.91 Å². The lowest BCUT2D eigenvalue weighted by Gasteiger charge is -2.20. The third-order valence-corrected chi connectivity index (χ3v) is 4.91. The zero-order valence-electron chi connectivity index (χ0n) is 16.3. The molecular weight excluding hydrogens is 372 g/mol. The Morgan fingerprint density at radius 2 is 1.82 bits per heavy atom. The van der Waals surface area contributed by atoms with Crippen LogP contribution in [0.4, 0.5) is 5.69 Å². The van der Waals surface area contributed by atoms with Gasteiger partial charge >= 0.3 is 0 Å². The normalized spacial score (nSPS) is 10.7. The summed E-state index contributed by atoms with van der Waals surface area (Å²) >= 11 is 6.18. The van der Waals surface area contributed by atoms with Gasteiger partial charge in [0.05, 0.1) is 0 Å². The fourth-order valence-electron chi connectivity index (χ4n) is 3.38. The Morgan fingerprint density at radius 1 is 1.07 bits per heavy atom. The van der Waals surface area contributed by atoms with Gasteiger partial charge in [0.25, 0.3) is 5.91 Å². The zero-order valence-corrected chi connectivity index (χ0v) is 17.0. The van der Waals surface area contributed by atoms with Crippen LogP contribution in [-0.4, -0.2) is 10.5 Å². The maximum atomic E-state index is 13.1. The molecule has 1 N–H and O–H groups in total. The fraction of sp³-hybridized carbons (Fsp3) is 0.217. The fourth-order valence-corrected chi connectivity index (χ4v) is 3.57. The minimum Gasteiger partial charge on any atom is -0.322 e. The first-order valence-corrected chi connectivity index (χ1v) is 9.68. The molecule has 0 spiro atoms. The number of halogens is 1. The molecule has 1 heterocycles.